The van der Waals surface area contributed by atoms with E-state index in [4.69, 9.17) is 4.42 Å². The van der Waals surface area contributed by atoms with Gasteiger partial charge in [0.05, 0.1) is 12.5 Å². The van der Waals surface area contributed by atoms with E-state index in [0.717, 1.165) is 5.92 Å². The summed E-state index contributed by atoms with van der Waals surface area (Å²) in [6.45, 7) is 6.91. The summed E-state index contributed by atoms with van der Waals surface area (Å²) in [6.07, 6.45) is 6.26. The number of hydrogen-bond acceptors (Lipinski definition) is 2. The molecule has 0 bridgehead atoms. The highest BCUT2D eigenvalue weighted by atomic mass is 16.3. The Bertz CT molecular complexity index is 520. The van der Waals surface area contributed by atoms with E-state index in [1.165, 1.54) is 48.2 Å². The molecule has 1 saturated heterocycles. The minimum absolute atomic E-state index is 0.722. The molecular weight excluding hydrogens is 222 g/mol. The molecule has 2 nitrogen and oxygen atoms in total. The van der Waals surface area contributed by atoms with Gasteiger partial charge in [-0.05, 0) is 81.1 Å². The van der Waals surface area contributed by atoms with E-state index in [2.05, 4.69) is 31.9 Å². The van der Waals surface area contributed by atoms with E-state index in [1.54, 1.807) is 11.8 Å². The molecular formula is C16H21NO. The van der Waals surface area contributed by atoms with Crippen LogP contribution in [0.15, 0.2) is 23.0 Å². The van der Waals surface area contributed by atoms with Crippen LogP contribution < -0.4 is 0 Å². The summed E-state index contributed by atoms with van der Waals surface area (Å²) in [5.41, 5.74) is 7.14. The fourth-order valence-corrected chi connectivity index (χ4v) is 3.32. The Morgan fingerprint density at radius 1 is 1.11 bits per heavy atom. The molecule has 2 heterocycles. The molecule has 96 valence electrons. The second-order valence-corrected chi connectivity index (χ2v) is 5.63. The smallest absolute Gasteiger partial charge is 0.0982 e. The first-order valence-electron chi connectivity index (χ1n) is 6.82. The lowest BCUT2D eigenvalue weighted by atomic mass is 9.86. The fourth-order valence-electron chi connectivity index (χ4n) is 3.32. The van der Waals surface area contributed by atoms with E-state index in [0.29, 0.717) is 0 Å². The average Bonchev–Trinajstić information content (AvgIpc) is 2.64. The summed E-state index contributed by atoms with van der Waals surface area (Å²) in [7, 11) is 2.22. The summed E-state index contributed by atoms with van der Waals surface area (Å²) >= 11 is 0. The molecule has 0 amide bonds. The van der Waals surface area contributed by atoms with Crippen LogP contribution >= 0.6 is 0 Å². The Balaban J connectivity index is 2.04. The molecule has 0 atom stereocenters. The Hall–Kier alpha value is -1.28. The Kier molecular flexibility index (Phi) is 2.90. The average molecular weight is 243 g/mol. The van der Waals surface area contributed by atoms with Crippen molar-refractivity contribution < 1.29 is 4.42 Å². The maximum absolute atomic E-state index is 5.34. The lowest BCUT2D eigenvalue weighted by Gasteiger charge is -2.30. The summed E-state index contributed by atoms with van der Waals surface area (Å²) in [4.78, 5) is 2.43. The minimum atomic E-state index is 0.722. The largest absolute Gasteiger partial charge is 0.472 e. The summed E-state index contributed by atoms with van der Waals surface area (Å²) in [6, 6.07) is 2.14. The summed E-state index contributed by atoms with van der Waals surface area (Å²) in [5, 5.41) is 0. The minimum Gasteiger partial charge on any atom is -0.472 e. The van der Waals surface area contributed by atoms with E-state index < -0.39 is 0 Å². The van der Waals surface area contributed by atoms with Crippen LogP contribution in [0.2, 0.25) is 0 Å². The monoisotopic (exact) mass is 243 g/mol. The zero-order valence-electron chi connectivity index (χ0n) is 11.5. The first-order valence-corrected chi connectivity index (χ1v) is 6.82. The number of likely N-dealkylation sites (tertiary alicyclic amines) is 1. The third kappa shape index (κ3) is 1.76. The van der Waals surface area contributed by atoms with Gasteiger partial charge < -0.3 is 9.32 Å². The normalized spacial score (nSPS) is 18.6. The van der Waals surface area contributed by atoms with Crippen molar-refractivity contribution in [1.29, 1.82) is 0 Å². The first-order chi connectivity index (χ1) is 8.68. The number of fused-ring (bicyclic) bond motifs is 1. The Morgan fingerprint density at radius 3 is 2.56 bits per heavy atom. The third-order valence-electron chi connectivity index (χ3n) is 4.58. The van der Waals surface area contributed by atoms with Crippen molar-refractivity contribution in [3.63, 3.8) is 0 Å². The van der Waals surface area contributed by atoms with Crippen LogP contribution in [0.4, 0.5) is 0 Å². The predicted octanol–water partition coefficient (Wildman–Crippen LogP) is 3.81. The molecule has 1 aliphatic carbocycles. The van der Waals surface area contributed by atoms with Crippen LogP contribution in [0.25, 0.3) is 11.1 Å². The molecule has 3 rings (SSSR count). The first kappa shape index (κ1) is 11.8. The third-order valence-corrected chi connectivity index (χ3v) is 4.58. The number of hydrogen-bond donors (Lipinski definition) is 0. The van der Waals surface area contributed by atoms with Crippen LogP contribution in [0, 0.1) is 13.8 Å². The van der Waals surface area contributed by atoms with Crippen LogP contribution in [0.3, 0.4) is 0 Å². The molecule has 0 radical (unpaired) electrons. The SMILES string of the molecule is Cc1c2coccc-2c(C2CCN(C)CC2)c1C. The van der Waals surface area contributed by atoms with Crippen LogP contribution in [-0.2, 0) is 0 Å². The lowest BCUT2D eigenvalue weighted by Crippen LogP contribution is -2.29. The summed E-state index contributed by atoms with van der Waals surface area (Å²) < 4.78 is 5.34. The highest BCUT2D eigenvalue weighted by Crippen LogP contribution is 2.43. The van der Waals surface area contributed by atoms with Gasteiger partial charge in [-0.3, -0.25) is 0 Å². The van der Waals surface area contributed by atoms with Crippen molar-refractivity contribution in [1.82, 2.24) is 4.90 Å². The molecule has 0 spiro atoms. The highest BCUT2D eigenvalue weighted by molar-refractivity contribution is 5.77. The van der Waals surface area contributed by atoms with Gasteiger partial charge in [0.2, 0.25) is 0 Å². The van der Waals surface area contributed by atoms with Crippen LogP contribution in [0.1, 0.15) is 35.4 Å². The zero-order valence-corrected chi connectivity index (χ0v) is 11.5. The predicted molar refractivity (Wildman–Crippen MR) is 74.3 cm³/mol. The quantitative estimate of drug-likeness (QED) is 0.757. The van der Waals surface area contributed by atoms with Gasteiger partial charge in [0.1, 0.15) is 0 Å². The Labute approximate surface area is 109 Å². The van der Waals surface area contributed by atoms with Gasteiger partial charge in [0.25, 0.3) is 0 Å². The number of rotatable bonds is 1. The highest BCUT2D eigenvalue weighted by Gasteiger charge is 2.26. The maximum atomic E-state index is 5.34. The van der Waals surface area contributed by atoms with E-state index in [-0.39, 0.29) is 0 Å². The molecule has 1 fully saturated rings. The standard InChI is InChI=1S/C16H21NO/c1-11-12(2)16(13-4-7-17(3)8-5-13)14-6-9-18-10-15(11)14/h6,9-10,13H,4-5,7-8H2,1-3H3. The van der Waals surface area contributed by atoms with Gasteiger partial charge in [0, 0.05) is 5.56 Å². The molecule has 2 heteroatoms. The van der Waals surface area contributed by atoms with Gasteiger partial charge >= 0.3 is 0 Å². The molecule has 0 unspecified atom stereocenters. The molecule has 0 N–H and O–H groups in total. The van der Waals surface area contributed by atoms with Crippen molar-refractivity contribution in [2.24, 2.45) is 0 Å². The summed E-state index contributed by atoms with van der Waals surface area (Å²) in [5.74, 6) is 0.722. The molecule has 0 aromatic carbocycles. The van der Waals surface area contributed by atoms with Crippen molar-refractivity contribution >= 4 is 0 Å². The Morgan fingerprint density at radius 2 is 1.83 bits per heavy atom. The van der Waals surface area contributed by atoms with Crippen molar-refractivity contribution in [2.75, 3.05) is 20.1 Å². The van der Waals surface area contributed by atoms with Crippen LogP contribution in [0.5, 0.6) is 0 Å². The topological polar surface area (TPSA) is 16.4 Å². The molecule has 18 heavy (non-hydrogen) atoms. The van der Waals surface area contributed by atoms with Crippen molar-refractivity contribution in [2.45, 2.75) is 32.6 Å². The van der Waals surface area contributed by atoms with Gasteiger partial charge in [-0.2, -0.15) is 0 Å². The van der Waals surface area contributed by atoms with E-state index in [9.17, 15) is 0 Å². The van der Waals surface area contributed by atoms with Crippen molar-refractivity contribution in [3.8, 4) is 11.1 Å². The van der Waals surface area contributed by atoms with Crippen molar-refractivity contribution in [3.05, 3.63) is 35.3 Å². The molecule has 2 aliphatic heterocycles. The van der Waals surface area contributed by atoms with Gasteiger partial charge in [0.15, 0.2) is 0 Å². The van der Waals surface area contributed by atoms with E-state index in [1.807, 2.05) is 6.26 Å². The van der Waals surface area contributed by atoms with Gasteiger partial charge in [-0.25, -0.2) is 0 Å². The molecule has 3 aliphatic rings. The molecule has 0 saturated carbocycles. The molecule has 0 aromatic heterocycles. The lowest BCUT2D eigenvalue weighted by molar-refractivity contribution is 0.255. The second kappa shape index (κ2) is 4.43. The molecule has 0 aromatic rings. The fraction of sp³-hybridized carbons (Fsp3) is 0.500. The zero-order chi connectivity index (χ0) is 12.7. The van der Waals surface area contributed by atoms with E-state index >= 15 is 0 Å². The maximum Gasteiger partial charge on any atom is 0.0982 e. The van der Waals surface area contributed by atoms with Crippen LogP contribution in [-0.4, -0.2) is 25.0 Å². The second-order valence-electron chi connectivity index (χ2n) is 5.63. The number of piperidine rings is 1. The number of nitrogens with zero attached hydrogens (tertiary/aromatic N) is 1. The van der Waals surface area contributed by atoms with Gasteiger partial charge in [-0.15, -0.1) is 0 Å². The van der Waals surface area contributed by atoms with Gasteiger partial charge in [-0.1, -0.05) is 0 Å².